The van der Waals surface area contributed by atoms with Crippen LogP contribution in [-0.2, 0) is 22.6 Å². The smallest absolute Gasteiger partial charge is 0.230 e. The number of ether oxygens (including phenoxy) is 1. The van der Waals surface area contributed by atoms with Crippen molar-refractivity contribution >= 4 is 17.7 Å². The van der Waals surface area contributed by atoms with Crippen LogP contribution in [0.2, 0.25) is 0 Å². The molecular weight excluding hydrogens is 319 g/mol. The molecule has 6 nitrogen and oxygen atoms in total. The molecule has 0 fully saturated rings. The number of halogens is 1. The van der Waals surface area contributed by atoms with Crippen LogP contribution in [0.5, 0.6) is 0 Å². The molecule has 0 aliphatic heterocycles. The fourth-order valence-electron chi connectivity index (χ4n) is 1.90. The van der Waals surface area contributed by atoms with Crippen molar-refractivity contribution in [1.29, 1.82) is 0 Å². The van der Waals surface area contributed by atoms with Gasteiger partial charge in [-0.2, -0.15) is 0 Å². The summed E-state index contributed by atoms with van der Waals surface area (Å²) in [6.45, 7) is 3.27. The molecule has 0 aliphatic carbocycles. The summed E-state index contributed by atoms with van der Waals surface area (Å²) in [6.07, 6.45) is 1.61. The molecule has 0 saturated carbocycles. The lowest BCUT2D eigenvalue weighted by Crippen LogP contribution is -2.24. The number of nitrogens with zero attached hydrogens (tertiary/aromatic N) is 3. The number of hydrogen-bond donors (Lipinski definition) is 1. The first-order chi connectivity index (χ1) is 11.1. The van der Waals surface area contributed by atoms with E-state index in [0.29, 0.717) is 30.4 Å². The molecular formula is C15H19FN4O2S. The summed E-state index contributed by atoms with van der Waals surface area (Å²) >= 11 is 1.31. The molecule has 0 bridgehead atoms. The fraction of sp³-hybridized carbons (Fsp3) is 0.400. The molecule has 124 valence electrons. The minimum absolute atomic E-state index is 0.113. The number of benzene rings is 1. The summed E-state index contributed by atoms with van der Waals surface area (Å²) in [4.78, 5) is 11.9. The Bertz CT molecular complexity index is 663. The van der Waals surface area contributed by atoms with Gasteiger partial charge in [-0.05, 0) is 24.1 Å². The molecule has 8 heteroatoms. The molecule has 0 aliphatic rings. The Hall–Kier alpha value is -1.93. The van der Waals surface area contributed by atoms with Crippen LogP contribution in [0.15, 0.2) is 29.7 Å². The minimum atomic E-state index is -0.244. The van der Waals surface area contributed by atoms with E-state index in [9.17, 15) is 9.18 Å². The van der Waals surface area contributed by atoms with E-state index >= 15 is 0 Å². The van der Waals surface area contributed by atoms with Gasteiger partial charge in [-0.3, -0.25) is 4.79 Å². The van der Waals surface area contributed by atoms with Gasteiger partial charge in [0.1, 0.15) is 12.1 Å². The number of carbonyl (C=O) groups excluding carboxylic acids is 1. The van der Waals surface area contributed by atoms with Crippen molar-refractivity contribution in [1.82, 2.24) is 20.1 Å². The van der Waals surface area contributed by atoms with Gasteiger partial charge in [-0.15, -0.1) is 10.2 Å². The zero-order valence-electron chi connectivity index (χ0n) is 13.1. The minimum Gasteiger partial charge on any atom is -0.383 e. The molecule has 0 radical (unpaired) electrons. The van der Waals surface area contributed by atoms with Gasteiger partial charge in [0.2, 0.25) is 5.91 Å². The highest BCUT2D eigenvalue weighted by Gasteiger charge is 2.09. The molecule has 23 heavy (non-hydrogen) atoms. The molecule has 0 spiro atoms. The Kier molecular flexibility index (Phi) is 6.54. The van der Waals surface area contributed by atoms with Crippen LogP contribution in [0.4, 0.5) is 4.39 Å². The summed E-state index contributed by atoms with van der Waals surface area (Å²) < 4.78 is 20.0. The lowest BCUT2D eigenvalue weighted by molar-refractivity contribution is -0.118. The van der Waals surface area contributed by atoms with Gasteiger partial charge in [0.15, 0.2) is 5.16 Å². The van der Waals surface area contributed by atoms with Crippen molar-refractivity contribution in [2.24, 2.45) is 0 Å². The predicted molar refractivity (Wildman–Crippen MR) is 85.6 cm³/mol. The van der Waals surface area contributed by atoms with Crippen molar-refractivity contribution in [3.8, 4) is 0 Å². The average Bonchev–Trinajstić information content (AvgIpc) is 2.99. The molecule has 0 atom stereocenters. The van der Waals surface area contributed by atoms with Crippen molar-refractivity contribution in [3.63, 3.8) is 0 Å². The third-order valence-electron chi connectivity index (χ3n) is 3.16. The second-order valence-electron chi connectivity index (χ2n) is 4.95. The van der Waals surface area contributed by atoms with E-state index in [2.05, 4.69) is 15.5 Å². The Balaban J connectivity index is 1.79. The molecule has 0 saturated heterocycles. The first-order valence-electron chi connectivity index (χ1n) is 7.11. The van der Waals surface area contributed by atoms with E-state index in [1.165, 1.54) is 17.8 Å². The fourth-order valence-corrected chi connectivity index (χ4v) is 2.67. The molecule has 1 aromatic carbocycles. The lowest BCUT2D eigenvalue weighted by Gasteiger charge is -2.07. The first kappa shape index (κ1) is 17.4. The molecule has 2 rings (SSSR count). The van der Waals surface area contributed by atoms with E-state index in [1.807, 2.05) is 4.57 Å². The number of rotatable bonds is 8. The van der Waals surface area contributed by atoms with Gasteiger partial charge in [0.05, 0.1) is 12.4 Å². The van der Waals surface area contributed by atoms with Crippen molar-refractivity contribution in [2.75, 3.05) is 19.5 Å². The number of aryl methyl sites for hydroxylation is 1. The number of carbonyl (C=O) groups is 1. The summed E-state index contributed by atoms with van der Waals surface area (Å²) in [5.74, 6) is -0.115. The monoisotopic (exact) mass is 338 g/mol. The molecule has 1 amide bonds. The van der Waals surface area contributed by atoms with E-state index in [4.69, 9.17) is 4.74 Å². The van der Waals surface area contributed by atoms with Crippen LogP contribution in [0, 0.1) is 12.7 Å². The quantitative estimate of drug-likeness (QED) is 0.743. The van der Waals surface area contributed by atoms with Gasteiger partial charge in [-0.25, -0.2) is 4.39 Å². The summed E-state index contributed by atoms with van der Waals surface area (Å²) in [5, 5.41) is 11.3. The largest absolute Gasteiger partial charge is 0.383 e. The van der Waals surface area contributed by atoms with Crippen LogP contribution in [0.1, 0.15) is 11.1 Å². The Morgan fingerprint density at radius 3 is 3.04 bits per heavy atom. The maximum Gasteiger partial charge on any atom is 0.230 e. The second-order valence-corrected chi connectivity index (χ2v) is 5.89. The summed E-state index contributed by atoms with van der Waals surface area (Å²) in [5.41, 5.74) is 1.43. The van der Waals surface area contributed by atoms with Crippen LogP contribution < -0.4 is 5.32 Å². The van der Waals surface area contributed by atoms with Crippen LogP contribution in [0.3, 0.4) is 0 Å². The molecule has 2 aromatic rings. The molecule has 1 N–H and O–H groups in total. The maximum atomic E-state index is 13.2. The predicted octanol–water partition coefficient (Wildman–Crippen LogP) is 1.78. The zero-order valence-corrected chi connectivity index (χ0v) is 13.9. The number of nitrogens with one attached hydrogen (secondary N) is 1. The van der Waals surface area contributed by atoms with Crippen LogP contribution >= 0.6 is 11.8 Å². The van der Waals surface area contributed by atoms with E-state index in [0.717, 1.165) is 5.56 Å². The third kappa shape index (κ3) is 5.33. The highest BCUT2D eigenvalue weighted by molar-refractivity contribution is 7.99. The number of aromatic nitrogens is 3. The Morgan fingerprint density at radius 1 is 1.48 bits per heavy atom. The van der Waals surface area contributed by atoms with Gasteiger partial charge in [-0.1, -0.05) is 23.9 Å². The Labute approximate surface area is 138 Å². The normalized spacial score (nSPS) is 10.7. The highest BCUT2D eigenvalue weighted by atomic mass is 32.2. The standard InChI is InChI=1S/C15H19FN4O2S/c1-11-7-12(3-4-13(11)16)8-17-14(21)9-23-15-19-18-10-20(15)5-6-22-2/h3-4,7,10H,5-6,8-9H2,1-2H3,(H,17,21). The van der Waals surface area contributed by atoms with E-state index in [1.54, 1.807) is 32.5 Å². The zero-order chi connectivity index (χ0) is 16.7. The molecule has 1 heterocycles. The van der Waals surface area contributed by atoms with Crippen molar-refractivity contribution < 1.29 is 13.9 Å². The van der Waals surface area contributed by atoms with Crippen molar-refractivity contribution in [2.45, 2.75) is 25.2 Å². The first-order valence-corrected chi connectivity index (χ1v) is 8.10. The summed E-state index contributed by atoms with van der Waals surface area (Å²) in [6, 6.07) is 4.80. The van der Waals surface area contributed by atoms with E-state index < -0.39 is 0 Å². The van der Waals surface area contributed by atoms with Gasteiger partial charge in [0, 0.05) is 20.2 Å². The van der Waals surface area contributed by atoms with Crippen LogP contribution in [0.25, 0.3) is 0 Å². The van der Waals surface area contributed by atoms with Gasteiger partial charge < -0.3 is 14.6 Å². The SMILES string of the molecule is COCCn1cnnc1SCC(=O)NCc1ccc(F)c(C)c1. The molecule has 1 aromatic heterocycles. The van der Waals surface area contributed by atoms with E-state index in [-0.39, 0.29) is 17.5 Å². The number of hydrogen-bond acceptors (Lipinski definition) is 5. The van der Waals surface area contributed by atoms with Gasteiger partial charge >= 0.3 is 0 Å². The lowest BCUT2D eigenvalue weighted by atomic mass is 10.1. The summed E-state index contributed by atoms with van der Waals surface area (Å²) in [7, 11) is 1.63. The number of thioether (sulfide) groups is 1. The number of amides is 1. The second kappa shape index (κ2) is 8.64. The average molecular weight is 338 g/mol. The third-order valence-corrected chi connectivity index (χ3v) is 4.14. The highest BCUT2D eigenvalue weighted by Crippen LogP contribution is 2.14. The molecule has 0 unspecified atom stereocenters. The van der Waals surface area contributed by atoms with Gasteiger partial charge in [0.25, 0.3) is 0 Å². The van der Waals surface area contributed by atoms with Crippen molar-refractivity contribution in [3.05, 3.63) is 41.5 Å². The topological polar surface area (TPSA) is 69.0 Å². The Morgan fingerprint density at radius 2 is 2.30 bits per heavy atom. The number of methoxy groups -OCH3 is 1. The maximum absolute atomic E-state index is 13.2. The van der Waals surface area contributed by atoms with Crippen LogP contribution in [-0.4, -0.2) is 40.1 Å².